The first kappa shape index (κ1) is 14.3. The topological polar surface area (TPSA) is 127 Å². The number of aliphatic hydroxyl groups is 1. The van der Waals surface area contributed by atoms with Crippen molar-refractivity contribution in [3.8, 4) is 0 Å². The van der Waals surface area contributed by atoms with Crippen molar-refractivity contribution >= 4 is 17.5 Å². The summed E-state index contributed by atoms with van der Waals surface area (Å²) in [6, 6.07) is -0.808. The maximum Gasteiger partial charge on any atom is 0.275 e. The molecule has 1 aliphatic rings. The Bertz CT molecular complexity index is 554. The van der Waals surface area contributed by atoms with Gasteiger partial charge in [-0.3, -0.25) is 14.3 Å². The summed E-state index contributed by atoms with van der Waals surface area (Å²) >= 11 is 0. The van der Waals surface area contributed by atoms with Crippen molar-refractivity contribution in [1.82, 2.24) is 14.7 Å². The number of primary amides is 1. The van der Waals surface area contributed by atoms with Crippen molar-refractivity contribution in [3.05, 3.63) is 11.4 Å². The van der Waals surface area contributed by atoms with Gasteiger partial charge in [-0.15, -0.1) is 0 Å². The molecule has 2 heterocycles. The fourth-order valence-corrected chi connectivity index (χ4v) is 2.49. The molecule has 0 spiro atoms. The Morgan fingerprint density at radius 3 is 2.70 bits per heavy atom. The zero-order chi connectivity index (χ0) is 15.0. The Kier molecular flexibility index (Phi) is 3.67. The van der Waals surface area contributed by atoms with Crippen LogP contribution in [0.5, 0.6) is 0 Å². The highest BCUT2D eigenvalue weighted by Crippen LogP contribution is 2.24. The number of hydrogen-bond acceptors (Lipinski definition) is 5. The summed E-state index contributed by atoms with van der Waals surface area (Å²) in [5, 5.41) is 13.8. The van der Waals surface area contributed by atoms with Crippen molar-refractivity contribution in [2.75, 3.05) is 12.3 Å². The molecule has 0 radical (unpaired) electrons. The van der Waals surface area contributed by atoms with E-state index in [0.29, 0.717) is 17.9 Å². The van der Waals surface area contributed by atoms with Crippen LogP contribution in [0, 0.1) is 6.92 Å². The highest BCUT2D eigenvalue weighted by Gasteiger charge is 2.39. The van der Waals surface area contributed by atoms with E-state index in [4.69, 9.17) is 11.5 Å². The number of aryl methyl sites for hydroxylation is 2. The molecule has 1 aromatic heterocycles. The van der Waals surface area contributed by atoms with Crippen LogP contribution in [0.25, 0.3) is 0 Å². The van der Waals surface area contributed by atoms with Gasteiger partial charge in [0.25, 0.3) is 5.91 Å². The molecule has 2 unspecified atom stereocenters. The van der Waals surface area contributed by atoms with Crippen molar-refractivity contribution in [2.45, 2.75) is 39.0 Å². The maximum atomic E-state index is 12.6. The minimum absolute atomic E-state index is 0.0693. The third-order valence-electron chi connectivity index (χ3n) is 3.54. The number of carbonyl (C=O) groups is 2. The molecule has 8 nitrogen and oxygen atoms in total. The second-order valence-electron chi connectivity index (χ2n) is 4.93. The van der Waals surface area contributed by atoms with E-state index in [1.807, 2.05) is 6.92 Å². The van der Waals surface area contributed by atoms with Gasteiger partial charge in [0.15, 0.2) is 0 Å². The molecule has 20 heavy (non-hydrogen) atoms. The summed E-state index contributed by atoms with van der Waals surface area (Å²) < 4.78 is 1.50. The molecule has 110 valence electrons. The van der Waals surface area contributed by atoms with E-state index in [1.54, 1.807) is 6.92 Å². The third-order valence-corrected chi connectivity index (χ3v) is 3.54. The van der Waals surface area contributed by atoms with Gasteiger partial charge in [0.05, 0.1) is 17.5 Å². The smallest absolute Gasteiger partial charge is 0.275 e. The van der Waals surface area contributed by atoms with Crippen molar-refractivity contribution < 1.29 is 14.7 Å². The second-order valence-corrected chi connectivity index (χ2v) is 4.93. The molecule has 2 rings (SSSR count). The molecule has 8 heteroatoms. The normalized spacial score (nSPS) is 22.2. The van der Waals surface area contributed by atoms with E-state index in [9.17, 15) is 14.7 Å². The molecular formula is C12H19N5O3. The Morgan fingerprint density at radius 2 is 2.15 bits per heavy atom. The van der Waals surface area contributed by atoms with E-state index in [2.05, 4.69) is 5.10 Å². The lowest BCUT2D eigenvalue weighted by atomic mass is 10.2. The number of β-amino-alcohol motifs (C(OH)–C–C–N with tert-alkyl or cyclic N) is 1. The first-order chi connectivity index (χ1) is 9.36. The van der Waals surface area contributed by atoms with E-state index in [-0.39, 0.29) is 18.7 Å². The predicted octanol–water partition coefficient (Wildman–Crippen LogP) is -1.15. The van der Waals surface area contributed by atoms with Gasteiger partial charge in [-0.1, -0.05) is 0 Å². The number of aromatic nitrogens is 2. The molecule has 0 aliphatic carbocycles. The first-order valence-corrected chi connectivity index (χ1v) is 6.48. The van der Waals surface area contributed by atoms with Crippen LogP contribution in [0.1, 0.15) is 29.5 Å². The van der Waals surface area contributed by atoms with Crippen LogP contribution in [0.2, 0.25) is 0 Å². The Hall–Kier alpha value is -2.09. The van der Waals surface area contributed by atoms with Crippen molar-refractivity contribution in [3.63, 3.8) is 0 Å². The highest BCUT2D eigenvalue weighted by molar-refractivity contribution is 6.00. The van der Waals surface area contributed by atoms with Gasteiger partial charge in [0, 0.05) is 19.5 Å². The van der Waals surface area contributed by atoms with Crippen LogP contribution in [-0.2, 0) is 11.3 Å². The summed E-state index contributed by atoms with van der Waals surface area (Å²) in [5.74, 6) is -1.06. The number of nitrogen functional groups attached to an aromatic ring is 1. The molecule has 1 aromatic rings. The molecular weight excluding hydrogens is 262 g/mol. The van der Waals surface area contributed by atoms with Gasteiger partial charge in [0.1, 0.15) is 11.7 Å². The van der Waals surface area contributed by atoms with Crippen LogP contribution in [0.15, 0.2) is 0 Å². The van der Waals surface area contributed by atoms with Crippen LogP contribution < -0.4 is 11.5 Å². The number of nitrogens with zero attached hydrogens (tertiary/aromatic N) is 3. The summed E-state index contributed by atoms with van der Waals surface area (Å²) in [6.45, 7) is 4.10. The lowest BCUT2D eigenvalue weighted by Gasteiger charge is -2.22. The molecule has 1 saturated heterocycles. The van der Waals surface area contributed by atoms with Gasteiger partial charge in [0.2, 0.25) is 5.91 Å². The number of hydrogen-bond donors (Lipinski definition) is 3. The molecule has 0 aromatic carbocycles. The summed E-state index contributed by atoms with van der Waals surface area (Å²) in [4.78, 5) is 25.3. The van der Waals surface area contributed by atoms with Gasteiger partial charge in [-0.25, -0.2) is 0 Å². The second kappa shape index (κ2) is 5.12. The first-order valence-electron chi connectivity index (χ1n) is 6.48. The number of likely N-dealkylation sites (tertiary alicyclic amines) is 1. The predicted molar refractivity (Wildman–Crippen MR) is 71.7 cm³/mol. The molecule has 1 fully saturated rings. The van der Waals surface area contributed by atoms with E-state index >= 15 is 0 Å². The molecule has 2 atom stereocenters. The Labute approximate surface area is 116 Å². The largest absolute Gasteiger partial charge is 0.395 e. The van der Waals surface area contributed by atoms with Crippen LogP contribution in [-0.4, -0.2) is 50.3 Å². The van der Waals surface area contributed by atoms with Gasteiger partial charge < -0.3 is 21.5 Å². The number of amides is 2. The van der Waals surface area contributed by atoms with E-state index in [0.717, 1.165) is 0 Å². The van der Waals surface area contributed by atoms with Crippen LogP contribution in [0.3, 0.4) is 0 Å². The molecule has 1 aliphatic heterocycles. The molecule has 2 amide bonds. The standard InChI is InChI=1S/C12H19N5O3/c1-3-17-10(9(13)6(2)15-17)12(20)16-5-7(18)4-8(16)11(14)19/h7-8,18H,3-5,13H2,1-2H3,(H2,14,19). The number of anilines is 1. The minimum atomic E-state index is -0.808. The average molecular weight is 281 g/mol. The third kappa shape index (κ3) is 2.22. The average Bonchev–Trinajstić information content (AvgIpc) is 2.91. The van der Waals surface area contributed by atoms with Crippen molar-refractivity contribution in [2.24, 2.45) is 5.73 Å². The monoisotopic (exact) mass is 281 g/mol. The Morgan fingerprint density at radius 1 is 1.50 bits per heavy atom. The minimum Gasteiger partial charge on any atom is -0.395 e. The summed E-state index contributed by atoms with van der Waals surface area (Å²) in [5.41, 5.74) is 12.3. The fourth-order valence-electron chi connectivity index (χ4n) is 2.49. The lowest BCUT2D eigenvalue weighted by molar-refractivity contribution is -0.121. The van der Waals surface area contributed by atoms with E-state index < -0.39 is 24.0 Å². The van der Waals surface area contributed by atoms with Crippen LogP contribution >= 0.6 is 0 Å². The van der Waals surface area contributed by atoms with Gasteiger partial charge in [-0.05, 0) is 13.8 Å². The number of aliphatic hydroxyl groups excluding tert-OH is 1. The van der Waals surface area contributed by atoms with E-state index in [1.165, 1.54) is 9.58 Å². The highest BCUT2D eigenvalue weighted by atomic mass is 16.3. The summed E-state index contributed by atoms with van der Waals surface area (Å²) in [6.07, 6.45) is -0.600. The fraction of sp³-hybridized carbons (Fsp3) is 0.583. The van der Waals surface area contributed by atoms with Crippen LogP contribution in [0.4, 0.5) is 5.69 Å². The Balaban J connectivity index is 2.38. The SMILES string of the molecule is CCn1nc(C)c(N)c1C(=O)N1CC(O)CC1C(N)=O. The number of rotatable bonds is 3. The molecule has 0 saturated carbocycles. The summed E-state index contributed by atoms with van der Waals surface area (Å²) in [7, 11) is 0. The van der Waals surface area contributed by atoms with Gasteiger partial charge in [-0.2, -0.15) is 5.10 Å². The molecule has 0 bridgehead atoms. The quantitative estimate of drug-likeness (QED) is 0.645. The maximum absolute atomic E-state index is 12.6. The number of nitrogens with two attached hydrogens (primary N) is 2. The lowest BCUT2D eigenvalue weighted by Crippen LogP contribution is -2.44. The molecule has 5 N–H and O–H groups in total. The number of carbonyl (C=O) groups excluding carboxylic acids is 2. The zero-order valence-electron chi connectivity index (χ0n) is 11.5. The zero-order valence-corrected chi connectivity index (χ0v) is 11.5. The van der Waals surface area contributed by atoms with Crippen molar-refractivity contribution in [1.29, 1.82) is 0 Å². The van der Waals surface area contributed by atoms with Gasteiger partial charge >= 0.3 is 0 Å².